The molecular formula is C17H23N3O3. The van der Waals surface area contributed by atoms with E-state index >= 15 is 0 Å². The second-order valence-electron chi connectivity index (χ2n) is 6.22. The van der Waals surface area contributed by atoms with Crippen molar-refractivity contribution in [3.05, 3.63) is 35.9 Å². The molecule has 1 aromatic carbocycles. The first-order valence-electron chi connectivity index (χ1n) is 7.97. The molecule has 2 amide bonds. The van der Waals surface area contributed by atoms with Crippen molar-refractivity contribution in [2.45, 2.75) is 12.1 Å². The summed E-state index contributed by atoms with van der Waals surface area (Å²) in [5.41, 5.74) is 0.926. The zero-order valence-corrected chi connectivity index (χ0v) is 13.6. The van der Waals surface area contributed by atoms with Crippen LogP contribution in [0.4, 0.5) is 0 Å². The number of amides is 2. The summed E-state index contributed by atoms with van der Waals surface area (Å²) in [6.45, 7) is 3.10. The fraction of sp³-hybridized carbons (Fsp3) is 0.529. The van der Waals surface area contributed by atoms with E-state index in [1.54, 1.807) is 11.9 Å². The highest BCUT2D eigenvalue weighted by atomic mass is 16.5. The Morgan fingerprint density at radius 1 is 1.09 bits per heavy atom. The van der Waals surface area contributed by atoms with Crippen molar-refractivity contribution < 1.29 is 14.3 Å². The number of piperazine rings is 1. The largest absolute Gasteiger partial charge is 0.356 e. The molecule has 6 nitrogen and oxygen atoms in total. The average Bonchev–Trinajstić information content (AvgIpc) is 2.58. The molecular weight excluding hydrogens is 294 g/mol. The lowest BCUT2D eigenvalue weighted by Crippen LogP contribution is -2.56. The normalized spacial score (nSPS) is 26.4. The Bertz CT molecular complexity index is 570. The van der Waals surface area contributed by atoms with Gasteiger partial charge in [0.15, 0.2) is 6.10 Å². The van der Waals surface area contributed by atoms with Gasteiger partial charge in [-0.25, -0.2) is 0 Å². The van der Waals surface area contributed by atoms with E-state index in [0.717, 1.165) is 18.7 Å². The third-order valence-corrected chi connectivity index (χ3v) is 4.68. The van der Waals surface area contributed by atoms with E-state index in [2.05, 4.69) is 11.9 Å². The van der Waals surface area contributed by atoms with Crippen molar-refractivity contribution >= 4 is 11.8 Å². The number of hydrogen-bond donors (Lipinski definition) is 0. The number of morpholine rings is 1. The summed E-state index contributed by atoms with van der Waals surface area (Å²) >= 11 is 0. The highest BCUT2D eigenvalue weighted by Crippen LogP contribution is 2.30. The number of benzene rings is 1. The number of carbonyl (C=O) groups excluding carboxylic acids is 2. The molecule has 2 aliphatic rings. The Labute approximate surface area is 136 Å². The quantitative estimate of drug-likeness (QED) is 0.790. The third-order valence-electron chi connectivity index (χ3n) is 4.68. The van der Waals surface area contributed by atoms with Gasteiger partial charge in [-0.05, 0) is 12.6 Å². The highest BCUT2D eigenvalue weighted by Gasteiger charge is 2.42. The predicted molar refractivity (Wildman–Crippen MR) is 85.8 cm³/mol. The van der Waals surface area contributed by atoms with Gasteiger partial charge in [-0.15, -0.1) is 0 Å². The average molecular weight is 317 g/mol. The third kappa shape index (κ3) is 3.23. The van der Waals surface area contributed by atoms with Crippen molar-refractivity contribution in [3.63, 3.8) is 0 Å². The van der Waals surface area contributed by atoms with Gasteiger partial charge >= 0.3 is 0 Å². The Kier molecular flexibility index (Phi) is 4.63. The summed E-state index contributed by atoms with van der Waals surface area (Å²) in [6, 6.07) is 9.26. The van der Waals surface area contributed by atoms with Crippen LogP contribution in [0.2, 0.25) is 0 Å². The molecule has 0 spiro atoms. The predicted octanol–water partition coefficient (Wildman–Crippen LogP) is 0.359. The van der Waals surface area contributed by atoms with E-state index in [-0.39, 0.29) is 24.5 Å². The van der Waals surface area contributed by atoms with Gasteiger partial charge in [0, 0.05) is 33.2 Å². The molecule has 2 aliphatic heterocycles. The number of ether oxygens (including phenoxy) is 1. The topological polar surface area (TPSA) is 53.1 Å². The van der Waals surface area contributed by atoms with Crippen LogP contribution in [-0.4, -0.2) is 79.5 Å². The van der Waals surface area contributed by atoms with Crippen LogP contribution in [0.25, 0.3) is 0 Å². The number of hydrogen-bond acceptors (Lipinski definition) is 4. The maximum absolute atomic E-state index is 12.9. The lowest BCUT2D eigenvalue weighted by molar-refractivity contribution is -0.168. The fourth-order valence-electron chi connectivity index (χ4n) is 3.17. The summed E-state index contributed by atoms with van der Waals surface area (Å²) in [5, 5.41) is 0. The maximum Gasteiger partial charge on any atom is 0.254 e. The van der Waals surface area contributed by atoms with Crippen molar-refractivity contribution in [2.24, 2.45) is 0 Å². The molecule has 0 unspecified atom stereocenters. The van der Waals surface area contributed by atoms with Crippen LogP contribution >= 0.6 is 0 Å². The number of likely N-dealkylation sites (N-methyl/N-ethyl adjacent to an activating group) is 2. The van der Waals surface area contributed by atoms with Gasteiger partial charge in [-0.2, -0.15) is 0 Å². The first-order valence-corrected chi connectivity index (χ1v) is 7.97. The molecule has 2 saturated heterocycles. The minimum atomic E-state index is -0.636. The van der Waals surface area contributed by atoms with Crippen LogP contribution in [0.3, 0.4) is 0 Å². The summed E-state index contributed by atoms with van der Waals surface area (Å²) < 4.78 is 5.67. The van der Waals surface area contributed by atoms with E-state index in [0.29, 0.717) is 13.1 Å². The smallest absolute Gasteiger partial charge is 0.254 e. The Balaban J connectivity index is 1.83. The van der Waals surface area contributed by atoms with Gasteiger partial charge in [0.05, 0.1) is 6.04 Å². The molecule has 2 atom stereocenters. The van der Waals surface area contributed by atoms with Gasteiger partial charge in [-0.1, -0.05) is 30.3 Å². The zero-order chi connectivity index (χ0) is 16.4. The van der Waals surface area contributed by atoms with Crippen LogP contribution in [0.15, 0.2) is 30.3 Å². The molecule has 23 heavy (non-hydrogen) atoms. The SMILES string of the molecule is CN1CCN(C(=O)[C@H]2OCC(=O)N(C)[C@@H]2c2ccccc2)CC1. The minimum Gasteiger partial charge on any atom is -0.356 e. The van der Waals surface area contributed by atoms with Crippen molar-refractivity contribution in [1.82, 2.24) is 14.7 Å². The zero-order valence-electron chi connectivity index (χ0n) is 13.6. The Morgan fingerprint density at radius 2 is 1.74 bits per heavy atom. The lowest BCUT2D eigenvalue weighted by atomic mass is 9.97. The number of rotatable bonds is 2. The van der Waals surface area contributed by atoms with Crippen LogP contribution in [0.5, 0.6) is 0 Å². The van der Waals surface area contributed by atoms with Crippen molar-refractivity contribution in [2.75, 3.05) is 46.9 Å². The van der Waals surface area contributed by atoms with Gasteiger partial charge in [0.25, 0.3) is 5.91 Å². The Hall–Kier alpha value is -1.92. The van der Waals surface area contributed by atoms with E-state index in [1.807, 2.05) is 35.2 Å². The summed E-state index contributed by atoms with van der Waals surface area (Å²) in [5.74, 6) is -0.118. The second kappa shape index (κ2) is 6.68. The first kappa shape index (κ1) is 16.0. The molecule has 124 valence electrons. The Morgan fingerprint density at radius 3 is 2.39 bits per heavy atom. The van der Waals surface area contributed by atoms with Crippen LogP contribution in [0.1, 0.15) is 11.6 Å². The maximum atomic E-state index is 12.9. The van der Waals surface area contributed by atoms with Gasteiger partial charge < -0.3 is 19.4 Å². The van der Waals surface area contributed by atoms with E-state index in [9.17, 15) is 9.59 Å². The molecule has 0 bridgehead atoms. The van der Waals surface area contributed by atoms with Gasteiger partial charge in [0.1, 0.15) is 6.61 Å². The number of nitrogens with zero attached hydrogens (tertiary/aromatic N) is 3. The molecule has 0 N–H and O–H groups in total. The minimum absolute atomic E-state index is 0.0219. The van der Waals surface area contributed by atoms with E-state index in [4.69, 9.17) is 4.74 Å². The molecule has 0 aromatic heterocycles. The molecule has 0 radical (unpaired) electrons. The van der Waals surface area contributed by atoms with E-state index in [1.165, 1.54) is 0 Å². The molecule has 6 heteroatoms. The monoisotopic (exact) mass is 317 g/mol. The molecule has 2 heterocycles. The standard InChI is InChI=1S/C17H23N3O3/c1-18-8-10-20(11-9-18)17(22)16-15(13-6-4-3-5-7-13)19(2)14(21)12-23-16/h3-7,15-16H,8-12H2,1-2H3/t15-,16+/m1/s1. The molecule has 1 aromatic rings. The van der Waals surface area contributed by atoms with Gasteiger partial charge in [0.2, 0.25) is 5.91 Å². The van der Waals surface area contributed by atoms with Crippen molar-refractivity contribution in [3.8, 4) is 0 Å². The van der Waals surface area contributed by atoms with Crippen LogP contribution in [-0.2, 0) is 14.3 Å². The fourth-order valence-corrected chi connectivity index (χ4v) is 3.17. The summed E-state index contributed by atoms with van der Waals surface area (Å²) in [4.78, 5) is 30.7. The van der Waals surface area contributed by atoms with Crippen LogP contribution < -0.4 is 0 Å². The molecule has 2 fully saturated rings. The molecule has 0 aliphatic carbocycles. The lowest BCUT2D eigenvalue weighted by Gasteiger charge is -2.41. The van der Waals surface area contributed by atoms with Crippen LogP contribution in [0, 0.1) is 0 Å². The summed E-state index contributed by atoms with van der Waals surface area (Å²) in [6.07, 6.45) is -0.636. The summed E-state index contributed by atoms with van der Waals surface area (Å²) in [7, 11) is 3.80. The molecule has 0 saturated carbocycles. The number of carbonyl (C=O) groups is 2. The van der Waals surface area contributed by atoms with Gasteiger partial charge in [-0.3, -0.25) is 9.59 Å². The molecule has 3 rings (SSSR count). The van der Waals surface area contributed by atoms with E-state index < -0.39 is 6.10 Å². The highest BCUT2D eigenvalue weighted by molar-refractivity contribution is 5.86. The second-order valence-corrected chi connectivity index (χ2v) is 6.22. The first-order chi connectivity index (χ1) is 11.1. The van der Waals surface area contributed by atoms with Crippen molar-refractivity contribution in [1.29, 1.82) is 0 Å².